The molecular weight excluding hydrogens is 233 g/mol. The first-order chi connectivity index (χ1) is 7.46. The Morgan fingerprint density at radius 2 is 2.06 bits per heavy atom. The van der Waals surface area contributed by atoms with Crippen molar-refractivity contribution in [1.29, 1.82) is 0 Å². The van der Waals surface area contributed by atoms with E-state index in [-0.39, 0.29) is 17.4 Å². The molecule has 0 heterocycles. The number of halogens is 1. The molecule has 1 aliphatic carbocycles. The van der Waals surface area contributed by atoms with Gasteiger partial charge in [-0.05, 0) is 31.0 Å². The predicted octanol–water partition coefficient (Wildman–Crippen LogP) is 0.817. The number of nitrogens with one attached hydrogen (secondary N) is 2. The smallest absolute Gasteiger partial charge is 0.299 e. The zero-order valence-corrected chi connectivity index (χ0v) is 9.22. The minimum Gasteiger partial charge on any atom is -0.397 e. The molecule has 4 N–H and O–H groups in total. The molecule has 7 heteroatoms. The molecule has 1 aromatic carbocycles. The van der Waals surface area contributed by atoms with Gasteiger partial charge in [0.15, 0.2) is 0 Å². The van der Waals surface area contributed by atoms with E-state index in [4.69, 9.17) is 5.73 Å². The molecule has 2 rings (SSSR count). The molecule has 0 bridgehead atoms. The molecular formula is C9H12FN3O2S. The summed E-state index contributed by atoms with van der Waals surface area (Å²) in [6, 6.07) is 3.51. The lowest BCUT2D eigenvalue weighted by Gasteiger charge is -2.10. The summed E-state index contributed by atoms with van der Waals surface area (Å²) >= 11 is 0. The topological polar surface area (TPSA) is 84.2 Å². The van der Waals surface area contributed by atoms with E-state index in [1.165, 1.54) is 6.07 Å². The van der Waals surface area contributed by atoms with Gasteiger partial charge in [0.1, 0.15) is 5.82 Å². The van der Waals surface area contributed by atoms with E-state index in [1.54, 1.807) is 0 Å². The monoisotopic (exact) mass is 245 g/mol. The second kappa shape index (κ2) is 3.91. The summed E-state index contributed by atoms with van der Waals surface area (Å²) in [4.78, 5) is 0. The van der Waals surface area contributed by atoms with Crippen molar-refractivity contribution in [1.82, 2.24) is 4.72 Å². The molecule has 1 fully saturated rings. The van der Waals surface area contributed by atoms with Gasteiger partial charge in [0, 0.05) is 6.04 Å². The lowest BCUT2D eigenvalue weighted by molar-refractivity contribution is 0.586. The first-order valence-electron chi connectivity index (χ1n) is 4.81. The summed E-state index contributed by atoms with van der Waals surface area (Å²) in [6.07, 6.45) is 1.69. The Morgan fingerprint density at radius 1 is 1.38 bits per heavy atom. The standard InChI is InChI=1S/C9H12FN3O2S/c10-6-1-4-9(8(11)5-6)13-16(14,15)12-7-2-3-7/h1,4-5,7,12-13H,2-3,11H2. The highest BCUT2D eigenvalue weighted by Crippen LogP contribution is 2.23. The Morgan fingerprint density at radius 3 is 2.62 bits per heavy atom. The maximum absolute atomic E-state index is 12.7. The van der Waals surface area contributed by atoms with E-state index in [0.29, 0.717) is 0 Å². The van der Waals surface area contributed by atoms with E-state index in [0.717, 1.165) is 25.0 Å². The van der Waals surface area contributed by atoms with Crippen LogP contribution >= 0.6 is 0 Å². The minimum atomic E-state index is -3.61. The van der Waals surface area contributed by atoms with E-state index in [1.807, 2.05) is 0 Å². The number of hydrogen-bond acceptors (Lipinski definition) is 3. The molecule has 0 amide bonds. The molecule has 88 valence electrons. The Hall–Kier alpha value is -1.34. The zero-order valence-electron chi connectivity index (χ0n) is 8.40. The van der Waals surface area contributed by atoms with Crippen LogP contribution in [0.5, 0.6) is 0 Å². The van der Waals surface area contributed by atoms with Crippen LogP contribution in [-0.4, -0.2) is 14.5 Å². The van der Waals surface area contributed by atoms with Crippen molar-refractivity contribution in [2.45, 2.75) is 18.9 Å². The number of benzene rings is 1. The molecule has 0 unspecified atom stereocenters. The number of hydrogen-bond donors (Lipinski definition) is 3. The average Bonchev–Trinajstić information content (AvgIpc) is 2.93. The number of nitrogen functional groups attached to an aromatic ring is 1. The lowest BCUT2D eigenvalue weighted by atomic mass is 10.3. The van der Waals surface area contributed by atoms with Crippen molar-refractivity contribution in [2.24, 2.45) is 0 Å². The molecule has 1 saturated carbocycles. The molecule has 0 atom stereocenters. The fourth-order valence-corrected chi connectivity index (χ4v) is 2.43. The molecule has 0 saturated heterocycles. The largest absolute Gasteiger partial charge is 0.397 e. The quantitative estimate of drug-likeness (QED) is 0.686. The molecule has 0 spiro atoms. The third kappa shape index (κ3) is 2.83. The maximum atomic E-state index is 12.7. The normalized spacial score (nSPS) is 16.1. The van der Waals surface area contributed by atoms with Gasteiger partial charge in [-0.3, -0.25) is 4.72 Å². The first kappa shape index (κ1) is 11.2. The van der Waals surface area contributed by atoms with Crippen molar-refractivity contribution in [3.8, 4) is 0 Å². The van der Waals surface area contributed by atoms with Gasteiger partial charge in [-0.15, -0.1) is 0 Å². The summed E-state index contributed by atoms with van der Waals surface area (Å²) in [5.74, 6) is -0.504. The van der Waals surface area contributed by atoms with Crippen molar-refractivity contribution >= 4 is 21.6 Å². The Labute approximate surface area is 93.0 Å². The SMILES string of the molecule is Nc1cc(F)ccc1NS(=O)(=O)NC1CC1. The van der Waals surface area contributed by atoms with Gasteiger partial charge in [-0.25, -0.2) is 4.39 Å². The zero-order chi connectivity index (χ0) is 11.8. The van der Waals surface area contributed by atoms with Crippen LogP contribution < -0.4 is 15.2 Å². The highest BCUT2D eigenvalue weighted by atomic mass is 32.2. The fraction of sp³-hybridized carbons (Fsp3) is 0.333. The molecule has 1 aromatic rings. The van der Waals surface area contributed by atoms with Crippen LogP contribution in [0.2, 0.25) is 0 Å². The third-order valence-corrected chi connectivity index (χ3v) is 3.29. The van der Waals surface area contributed by atoms with Gasteiger partial charge in [0.25, 0.3) is 10.2 Å². The van der Waals surface area contributed by atoms with E-state index in [2.05, 4.69) is 9.44 Å². The van der Waals surface area contributed by atoms with Crippen LogP contribution in [0.3, 0.4) is 0 Å². The number of anilines is 2. The number of rotatable bonds is 4. The summed E-state index contributed by atoms with van der Waals surface area (Å²) in [7, 11) is -3.61. The highest BCUT2D eigenvalue weighted by molar-refractivity contribution is 7.90. The van der Waals surface area contributed by atoms with Gasteiger partial charge in [0.2, 0.25) is 0 Å². The van der Waals surface area contributed by atoms with E-state index < -0.39 is 16.0 Å². The molecule has 0 radical (unpaired) electrons. The fourth-order valence-electron chi connectivity index (χ4n) is 1.22. The van der Waals surface area contributed by atoms with Crippen LogP contribution in [0.25, 0.3) is 0 Å². The van der Waals surface area contributed by atoms with E-state index in [9.17, 15) is 12.8 Å². The van der Waals surface area contributed by atoms with Crippen LogP contribution in [0.15, 0.2) is 18.2 Å². The Balaban J connectivity index is 2.13. The average molecular weight is 245 g/mol. The first-order valence-corrected chi connectivity index (χ1v) is 6.30. The predicted molar refractivity (Wildman–Crippen MR) is 59.5 cm³/mol. The minimum absolute atomic E-state index is 0.0131. The van der Waals surface area contributed by atoms with Crippen molar-refractivity contribution in [3.05, 3.63) is 24.0 Å². The van der Waals surface area contributed by atoms with Crippen LogP contribution in [-0.2, 0) is 10.2 Å². The molecule has 0 aromatic heterocycles. The highest BCUT2D eigenvalue weighted by Gasteiger charge is 2.27. The molecule has 5 nitrogen and oxygen atoms in total. The van der Waals surface area contributed by atoms with Gasteiger partial charge < -0.3 is 5.73 Å². The Kier molecular flexibility index (Phi) is 2.73. The lowest BCUT2D eigenvalue weighted by Crippen LogP contribution is -2.32. The third-order valence-electron chi connectivity index (χ3n) is 2.16. The second-order valence-corrected chi connectivity index (χ2v) is 5.18. The summed E-state index contributed by atoms with van der Waals surface area (Å²) in [6.45, 7) is 0. The van der Waals surface area contributed by atoms with Crippen molar-refractivity contribution < 1.29 is 12.8 Å². The summed E-state index contributed by atoms with van der Waals surface area (Å²) < 4.78 is 40.4. The molecule has 16 heavy (non-hydrogen) atoms. The maximum Gasteiger partial charge on any atom is 0.299 e. The van der Waals surface area contributed by atoms with Crippen LogP contribution in [0.4, 0.5) is 15.8 Å². The number of nitrogens with two attached hydrogens (primary N) is 1. The van der Waals surface area contributed by atoms with Gasteiger partial charge >= 0.3 is 0 Å². The molecule has 0 aliphatic heterocycles. The van der Waals surface area contributed by atoms with E-state index >= 15 is 0 Å². The van der Waals surface area contributed by atoms with Gasteiger partial charge in [-0.1, -0.05) is 0 Å². The van der Waals surface area contributed by atoms with Crippen molar-refractivity contribution in [2.75, 3.05) is 10.5 Å². The second-order valence-electron chi connectivity index (χ2n) is 3.73. The van der Waals surface area contributed by atoms with Crippen molar-refractivity contribution in [3.63, 3.8) is 0 Å². The van der Waals surface area contributed by atoms with Crippen LogP contribution in [0.1, 0.15) is 12.8 Å². The van der Waals surface area contributed by atoms with Gasteiger partial charge in [0.05, 0.1) is 11.4 Å². The van der Waals surface area contributed by atoms with Crippen LogP contribution in [0, 0.1) is 5.82 Å². The Bertz CT molecular complexity index is 499. The summed E-state index contributed by atoms with van der Waals surface area (Å²) in [5, 5.41) is 0. The van der Waals surface area contributed by atoms with Gasteiger partial charge in [-0.2, -0.15) is 13.1 Å². The molecule has 1 aliphatic rings. The summed E-state index contributed by atoms with van der Waals surface area (Å²) in [5.41, 5.74) is 5.71.